The molecule has 0 saturated heterocycles. The molecular weight excluding hydrogens is 395 g/mol. The zero-order valence-corrected chi connectivity index (χ0v) is 18.3. The van der Waals surface area contributed by atoms with Gasteiger partial charge < -0.3 is 21.0 Å². The van der Waals surface area contributed by atoms with Gasteiger partial charge in [-0.05, 0) is 25.0 Å². The maximum absolute atomic E-state index is 13.9. The Balaban J connectivity index is 2.04. The highest BCUT2D eigenvalue weighted by molar-refractivity contribution is 6.02. The zero-order chi connectivity index (χ0) is 22.4. The van der Waals surface area contributed by atoms with E-state index in [1.807, 2.05) is 0 Å². The van der Waals surface area contributed by atoms with Crippen molar-refractivity contribution in [2.24, 2.45) is 22.7 Å². The first-order valence-corrected chi connectivity index (χ1v) is 10.9. The predicted octanol–water partition coefficient (Wildman–Crippen LogP) is 4.43. The summed E-state index contributed by atoms with van der Waals surface area (Å²) in [6.07, 6.45) is 5.39. The molecule has 8 heteroatoms. The van der Waals surface area contributed by atoms with Crippen molar-refractivity contribution in [1.82, 2.24) is 5.43 Å². The molecule has 3 unspecified atom stereocenters. The molecule has 2 rings (SSSR count). The molecule has 0 aromatic heterocycles. The van der Waals surface area contributed by atoms with Gasteiger partial charge in [-0.15, -0.1) is 0 Å². The summed E-state index contributed by atoms with van der Waals surface area (Å²) < 4.78 is 47.2. The predicted molar refractivity (Wildman–Crippen MR) is 113 cm³/mol. The molecule has 5 nitrogen and oxygen atoms in total. The maximum atomic E-state index is 13.9. The largest absolute Gasteiger partial charge is 0.497 e. The highest BCUT2D eigenvalue weighted by Crippen LogP contribution is 2.44. The number of aliphatic hydroxyl groups is 1. The number of rotatable bonds is 11. The molecule has 4 N–H and O–H groups in total. The molecule has 0 bridgehead atoms. The Labute approximate surface area is 177 Å². The molecule has 0 fully saturated rings. The molecule has 0 amide bonds. The van der Waals surface area contributed by atoms with Gasteiger partial charge in [-0.1, -0.05) is 52.0 Å². The van der Waals surface area contributed by atoms with E-state index in [2.05, 4.69) is 17.5 Å². The van der Waals surface area contributed by atoms with Crippen molar-refractivity contribution in [3.05, 3.63) is 23.5 Å². The van der Waals surface area contributed by atoms with Crippen molar-refractivity contribution >= 4 is 5.71 Å². The molecule has 0 aromatic rings. The molecule has 1 heterocycles. The van der Waals surface area contributed by atoms with Gasteiger partial charge in [0.15, 0.2) is 0 Å². The number of nitrogens with zero attached hydrogens (tertiary/aromatic N) is 1. The number of nitrogens with one attached hydrogen (secondary N) is 1. The Kier molecular flexibility index (Phi) is 8.79. The average molecular weight is 432 g/mol. The van der Waals surface area contributed by atoms with Gasteiger partial charge in [0.1, 0.15) is 11.7 Å². The van der Waals surface area contributed by atoms with E-state index in [1.165, 1.54) is 12.5 Å². The third-order valence-electron chi connectivity index (χ3n) is 6.07. The van der Waals surface area contributed by atoms with Gasteiger partial charge in [0.05, 0.1) is 30.5 Å². The van der Waals surface area contributed by atoms with E-state index in [0.717, 1.165) is 32.1 Å². The third-order valence-corrected chi connectivity index (χ3v) is 6.07. The summed E-state index contributed by atoms with van der Waals surface area (Å²) in [5, 5.41) is 13.7. The number of hydrogen-bond acceptors (Lipinski definition) is 5. The van der Waals surface area contributed by atoms with Gasteiger partial charge in [0.2, 0.25) is 0 Å². The van der Waals surface area contributed by atoms with E-state index in [1.54, 1.807) is 19.9 Å². The standard InChI is InChI=1S/C22H36F3N3O2/c1-4-5-6-7-8-9-12-30-18-11-10-16(15(2)20(18)22(23,24)25)17-13-19(28-27-17)21(3,26)14-29/h10-11,15,19-20,28-29H,4-9,12-14,26H2,1-3H3/t15?,19?,20?,21-/m0/s1. The minimum Gasteiger partial charge on any atom is -0.497 e. The first kappa shape index (κ1) is 24.7. The smallest absolute Gasteiger partial charge is 0.399 e. The first-order chi connectivity index (χ1) is 14.1. The lowest BCUT2D eigenvalue weighted by Gasteiger charge is -2.33. The van der Waals surface area contributed by atoms with Crippen molar-refractivity contribution in [2.45, 2.75) is 83.5 Å². The number of alkyl halides is 3. The average Bonchev–Trinajstić information content (AvgIpc) is 3.17. The van der Waals surface area contributed by atoms with Crippen molar-refractivity contribution < 1.29 is 23.0 Å². The fourth-order valence-electron chi connectivity index (χ4n) is 3.98. The van der Waals surface area contributed by atoms with Crippen LogP contribution in [0.1, 0.15) is 65.7 Å². The van der Waals surface area contributed by atoms with E-state index >= 15 is 0 Å². The summed E-state index contributed by atoms with van der Waals surface area (Å²) in [5.74, 6) is -2.53. The van der Waals surface area contributed by atoms with Crippen molar-refractivity contribution in [3.63, 3.8) is 0 Å². The lowest BCUT2D eigenvalue weighted by atomic mass is 9.78. The topological polar surface area (TPSA) is 79.9 Å². The van der Waals surface area contributed by atoms with Crippen LogP contribution < -0.4 is 11.2 Å². The molecule has 0 spiro atoms. The Morgan fingerprint density at radius 3 is 2.50 bits per heavy atom. The summed E-state index contributed by atoms with van der Waals surface area (Å²) in [5.41, 5.74) is 9.11. The van der Waals surface area contributed by atoms with Crippen LogP contribution in [0.15, 0.2) is 28.6 Å². The monoisotopic (exact) mass is 431 g/mol. The number of ether oxygens (including phenoxy) is 1. The van der Waals surface area contributed by atoms with Crippen molar-refractivity contribution in [3.8, 4) is 0 Å². The quantitative estimate of drug-likeness (QED) is 0.423. The van der Waals surface area contributed by atoms with E-state index < -0.39 is 23.6 Å². The molecule has 4 atom stereocenters. The second-order valence-electron chi connectivity index (χ2n) is 8.72. The minimum atomic E-state index is -4.41. The second-order valence-corrected chi connectivity index (χ2v) is 8.72. The van der Waals surface area contributed by atoms with Crippen LogP contribution in [0.25, 0.3) is 0 Å². The molecule has 1 aliphatic carbocycles. The lowest BCUT2D eigenvalue weighted by Crippen LogP contribution is -2.55. The van der Waals surface area contributed by atoms with Crippen molar-refractivity contribution in [1.29, 1.82) is 0 Å². The van der Waals surface area contributed by atoms with Gasteiger partial charge in [-0.3, -0.25) is 0 Å². The highest BCUT2D eigenvalue weighted by Gasteiger charge is 2.49. The van der Waals surface area contributed by atoms with Crippen molar-refractivity contribution in [2.75, 3.05) is 13.2 Å². The number of halogens is 3. The highest BCUT2D eigenvalue weighted by atomic mass is 19.4. The number of aliphatic hydroxyl groups excluding tert-OH is 1. The van der Waals surface area contributed by atoms with Gasteiger partial charge in [0.25, 0.3) is 0 Å². The number of hydrogen-bond donors (Lipinski definition) is 3. The second kappa shape index (κ2) is 10.7. The van der Waals surface area contributed by atoms with Crippen LogP contribution in [0, 0.1) is 11.8 Å². The fraction of sp³-hybridized carbons (Fsp3) is 0.773. The summed E-state index contributed by atoms with van der Waals surface area (Å²) in [4.78, 5) is 0. The van der Waals surface area contributed by atoms with E-state index in [-0.39, 0.29) is 18.4 Å². The van der Waals surface area contributed by atoms with Crippen LogP contribution in [-0.4, -0.2) is 41.8 Å². The summed E-state index contributed by atoms with van der Waals surface area (Å²) >= 11 is 0. The molecule has 1 aliphatic heterocycles. The Bertz CT molecular complexity index is 657. The maximum Gasteiger partial charge on any atom is 0.399 e. The number of unbranched alkanes of at least 4 members (excludes halogenated alkanes) is 5. The fourth-order valence-corrected chi connectivity index (χ4v) is 3.98. The van der Waals surface area contributed by atoms with Gasteiger partial charge >= 0.3 is 6.18 Å². The Morgan fingerprint density at radius 2 is 1.87 bits per heavy atom. The normalized spacial score (nSPS) is 26.4. The molecule has 2 aliphatic rings. The van der Waals surface area contributed by atoms with E-state index in [0.29, 0.717) is 24.3 Å². The molecule has 0 radical (unpaired) electrons. The van der Waals surface area contributed by atoms with Crippen LogP contribution in [0.4, 0.5) is 13.2 Å². The van der Waals surface area contributed by atoms with Gasteiger partial charge in [-0.2, -0.15) is 18.3 Å². The third kappa shape index (κ3) is 6.23. The molecule has 30 heavy (non-hydrogen) atoms. The zero-order valence-electron chi connectivity index (χ0n) is 18.3. The summed E-state index contributed by atoms with van der Waals surface area (Å²) in [6.45, 7) is 5.45. The Hall–Kier alpha value is -1.54. The number of allylic oxidation sites excluding steroid dienone is 4. The van der Waals surface area contributed by atoms with Crippen LogP contribution in [0.2, 0.25) is 0 Å². The molecular formula is C22H36F3N3O2. The molecule has 0 aromatic carbocycles. The van der Waals surface area contributed by atoms with Crippen LogP contribution in [0.5, 0.6) is 0 Å². The van der Waals surface area contributed by atoms with Crippen LogP contribution >= 0.6 is 0 Å². The minimum absolute atomic E-state index is 0.0190. The van der Waals surface area contributed by atoms with Crippen LogP contribution in [0.3, 0.4) is 0 Å². The van der Waals surface area contributed by atoms with Crippen LogP contribution in [-0.2, 0) is 4.74 Å². The first-order valence-electron chi connectivity index (χ1n) is 10.9. The lowest BCUT2D eigenvalue weighted by molar-refractivity contribution is -0.183. The van der Waals surface area contributed by atoms with E-state index in [4.69, 9.17) is 10.5 Å². The Morgan fingerprint density at radius 1 is 1.20 bits per heavy atom. The number of hydrazone groups is 1. The SMILES string of the molecule is CCCCCCCCOC1=CC=C(C2=NNC([C@@](C)(N)CO)C2)C(C)C1C(F)(F)F. The summed E-state index contributed by atoms with van der Waals surface area (Å²) in [6, 6.07) is -0.329. The van der Waals surface area contributed by atoms with E-state index in [9.17, 15) is 18.3 Å². The van der Waals surface area contributed by atoms with Gasteiger partial charge in [-0.25, -0.2) is 0 Å². The van der Waals surface area contributed by atoms with Gasteiger partial charge in [0, 0.05) is 12.3 Å². The number of nitrogens with two attached hydrogens (primary N) is 1. The summed E-state index contributed by atoms with van der Waals surface area (Å²) in [7, 11) is 0. The molecule has 172 valence electrons. The molecule has 0 saturated carbocycles.